The Balaban J connectivity index is 1.55. The highest BCUT2D eigenvalue weighted by Gasteiger charge is 2.19. The average molecular weight is 358 g/mol. The molecule has 1 fully saturated rings. The SMILES string of the molecule is CCNC(=NCCn1cc(C)cn1)N1CCN(c2ccc(F)cc2)CC1. The lowest BCUT2D eigenvalue weighted by molar-refractivity contribution is 0.372. The van der Waals surface area contributed by atoms with Gasteiger partial charge < -0.3 is 15.1 Å². The fourth-order valence-electron chi connectivity index (χ4n) is 3.10. The lowest BCUT2D eigenvalue weighted by Gasteiger charge is -2.37. The third kappa shape index (κ3) is 4.74. The van der Waals surface area contributed by atoms with Crippen LogP contribution < -0.4 is 10.2 Å². The lowest BCUT2D eigenvalue weighted by Crippen LogP contribution is -2.52. The van der Waals surface area contributed by atoms with E-state index < -0.39 is 0 Å². The van der Waals surface area contributed by atoms with E-state index in [1.165, 1.54) is 12.1 Å². The summed E-state index contributed by atoms with van der Waals surface area (Å²) in [5.41, 5.74) is 2.24. The predicted molar refractivity (Wildman–Crippen MR) is 103 cm³/mol. The first-order valence-electron chi connectivity index (χ1n) is 9.18. The molecular weight excluding hydrogens is 331 g/mol. The van der Waals surface area contributed by atoms with E-state index in [-0.39, 0.29) is 5.82 Å². The van der Waals surface area contributed by atoms with E-state index in [2.05, 4.69) is 27.1 Å². The van der Waals surface area contributed by atoms with Crippen LogP contribution in [0.1, 0.15) is 12.5 Å². The van der Waals surface area contributed by atoms with Gasteiger partial charge in [-0.15, -0.1) is 0 Å². The summed E-state index contributed by atoms with van der Waals surface area (Å²) >= 11 is 0. The second kappa shape index (κ2) is 8.69. The van der Waals surface area contributed by atoms with Crippen molar-refractivity contribution < 1.29 is 4.39 Å². The van der Waals surface area contributed by atoms with Gasteiger partial charge in [-0.3, -0.25) is 9.67 Å². The van der Waals surface area contributed by atoms with Crippen LogP contribution in [-0.2, 0) is 6.54 Å². The minimum Gasteiger partial charge on any atom is -0.368 e. The molecule has 1 aliphatic heterocycles. The van der Waals surface area contributed by atoms with Gasteiger partial charge in [-0.05, 0) is 43.7 Å². The van der Waals surface area contributed by atoms with Crippen LogP contribution in [0.2, 0.25) is 0 Å². The van der Waals surface area contributed by atoms with Gasteiger partial charge in [-0.25, -0.2) is 4.39 Å². The molecule has 1 aromatic heterocycles. The van der Waals surface area contributed by atoms with Gasteiger partial charge in [0.15, 0.2) is 5.96 Å². The van der Waals surface area contributed by atoms with Gasteiger partial charge in [0.05, 0.1) is 19.3 Å². The zero-order valence-electron chi connectivity index (χ0n) is 15.5. The number of hydrogen-bond donors (Lipinski definition) is 1. The first-order valence-corrected chi connectivity index (χ1v) is 9.18. The maximum atomic E-state index is 13.1. The van der Waals surface area contributed by atoms with Crippen LogP contribution in [0.15, 0.2) is 41.7 Å². The zero-order chi connectivity index (χ0) is 18.4. The first-order chi connectivity index (χ1) is 12.7. The molecule has 0 spiro atoms. The Hall–Kier alpha value is -2.57. The molecule has 0 aliphatic carbocycles. The molecule has 2 heterocycles. The Morgan fingerprint density at radius 1 is 1.19 bits per heavy atom. The minimum absolute atomic E-state index is 0.193. The summed E-state index contributed by atoms with van der Waals surface area (Å²) in [6.07, 6.45) is 3.90. The second-order valence-corrected chi connectivity index (χ2v) is 6.47. The van der Waals surface area contributed by atoms with Crippen molar-refractivity contribution in [1.29, 1.82) is 0 Å². The maximum Gasteiger partial charge on any atom is 0.194 e. The van der Waals surface area contributed by atoms with E-state index in [9.17, 15) is 4.39 Å². The number of rotatable bonds is 5. The Bertz CT molecular complexity index is 716. The molecule has 26 heavy (non-hydrogen) atoms. The van der Waals surface area contributed by atoms with E-state index in [1.807, 2.05) is 36.1 Å². The van der Waals surface area contributed by atoms with Crippen LogP contribution in [0.4, 0.5) is 10.1 Å². The molecule has 0 bridgehead atoms. The monoisotopic (exact) mass is 358 g/mol. The van der Waals surface area contributed by atoms with Crippen molar-refractivity contribution in [2.45, 2.75) is 20.4 Å². The van der Waals surface area contributed by atoms with E-state index in [4.69, 9.17) is 4.99 Å². The topological polar surface area (TPSA) is 48.7 Å². The third-order valence-corrected chi connectivity index (χ3v) is 4.46. The van der Waals surface area contributed by atoms with Crippen molar-refractivity contribution in [2.75, 3.05) is 44.2 Å². The van der Waals surface area contributed by atoms with E-state index in [0.29, 0.717) is 6.54 Å². The molecule has 1 N–H and O–H groups in total. The standard InChI is InChI=1S/C19H27FN6/c1-3-21-19(22-8-9-26-15-16(2)14-23-26)25-12-10-24(11-13-25)18-6-4-17(20)5-7-18/h4-7,14-15H,3,8-13H2,1-2H3,(H,21,22). The molecule has 140 valence electrons. The van der Waals surface area contributed by atoms with E-state index in [1.54, 1.807) is 0 Å². The number of halogens is 1. The molecule has 0 saturated carbocycles. The minimum atomic E-state index is -0.193. The number of benzene rings is 1. The van der Waals surface area contributed by atoms with Gasteiger partial charge in [0.25, 0.3) is 0 Å². The molecule has 1 aromatic carbocycles. The molecule has 7 heteroatoms. The van der Waals surface area contributed by atoms with E-state index >= 15 is 0 Å². The van der Waals surface area contributed by atoms with Gasteiger partial charge >= 0.3 is 0 Å². The quantitative estimate of drug-likeness (QED) is 0.657. The van der Waals surface area contributed by atoms with Crippen molar-refractivity contribution in [1.82, 2.24) is 20.0 Å². The Kier molecular flexibility index (Phi) is 6.09. The second-order valence-electron chi connectivity index (χ2n) is 6.47. The highest BCUT2D eigenvalue weighted by atomic mass is 19.1. The summed E-state index contributed by atoms with van der Waals surface area (Å²) in [7, 11) is 0. The van der Waals surface area contributed by atoms with Crippen LogP contribution >= 0.6 is 0 Å². The van der Waals surface area contributed by atoms with Gasteiger partial charge in [-0.1, -0.05) is 0 Å². The molecule has 0 radical (unpaired) electrons. The zero-order valence-corrected chi connectivity index (χ0v) is 15.5. The molecule has 6 nitrogen and oxygen atoms in total. The molecule has 0 amide bonds. The van der Waals surface area contributed by atoms with Crippen molar-refractivity contribution >= 4 is 11.6 Å². The summed E-state index contributed by atoms with van der Waals surface area (Å²) in [6, 6.07) is 6.72. The van der Waals surface area contributed by atoms with Crippen LogP contribution in [-0.4, -0.2) is 59.9 Å². The number of aromatic nitrogens is 2. The largest absolute Gasteiger partial charge is 0.368 e. The predicted octanol–water partition coefficient (Wildman–Crippen LogP) is 2.12. The van der Waals surface area contributed by atoms with Crippen LogP contribution in [0.3, 0.4) is 0 Å². The van der Waals surface area contributed by atoms with Crippen LogP contribution in [0.25, 0.3) is 0 Å². The first kappa shape index (κ1) is 18.2. The number of nitrogens with one attached hydrogen (secondary N) is 1. The maximum absolute atomic E-state index is 13.1. The number of guanidine groups is 1. The molecule has 2 aromatic rings. The number of piperazine rings is 1. The molecular formula is C19H27FN6. The molecule has 0 unspecified atom stereocenters. The fourth-order valence-corrected chi connectivity index (χ4v) is 3.10. The smallest absolute Gasteiger partial charge is 0.194 e. The number of aliphatic imine (C=N–C) groups is 1. The summed E-state index contributed by atoms with van der Waals surface area (Å²) in [5, 5.41) is 7.68. The number of hydrogen-bond acceptors (Lipinski definition) is 3. The van der Waals surface area contributed by atoms with Crippen molar-refractivity contribution in [3.8, 4) is 0 Å². The summed E-state index contributed by atoms with van der Waals surface area (Å²) in [6.45, 7) is 10.0. The molecule has 3 rings (SSSR count). The van der Waals surface area contributed by atoms with Gasteiger partial charge in [0.2, 0.25) is 0 Å². The Morgan fingerprint density at radius 2 is 1.92 bits per heavy atom. The van der Waals surface area contributed by atoms with Crippen molar-refractivity contribution in [3.63, 3.8) is 0 Å². The van der Waals surface area contributed by atoms with Gasteiger partial charge in [0, 0.05) is 44.6 Å². The summed E-state index contributed by atoms with van der Waals surface area (Å²) in [4.78, 5) is 9.33. The molecule has 1 saturated heterocycles. The van der Waals surface area contributed by atoms with E-state index in [0.717, 1.165) is 56.5 Å². The molecule has 1 aliphatic rings. The number of nitrogens with zero attached hydrogens (tertiary/aromatic N) is 5. The van der Waals surface area contributed by atoms with Gasteiger partial charge in [0.1, 0.15) is 5.82 Å². The van der Waals surface area contributed by atoms with Crippen molar-refractivity contribution in [2.24, 2.45) is 4.99 Å². The normalized spacial score (nSPS) is 15.4. The van der Waals surface area contributed by atoms with Crippen molar-refractivity contribution in [3.05, 3.63) is 48.0 Å². The van der Waals surface area contributed by atoms with Crippen LogP contribution in [0, 0.1) is 12.7 Å². The highest BCUT2D eigenvalue weighted by molar-refractivity contribution is 5.80. The molecule has 0 atom stereocenters. The fraction of sp³-hybridized carbons (Fsp3) is 0.474. The highest BCUT2D eigenvalue weighted by Crippen LogP contribution is 2.16. The number of anilines is 1. The Morgan fingerprint density at radius 3 is 2.54 bits per heavy atom. The van der Waals surface area contributed by atoms with Gasteiger partial charge in [-0.2, -0.15) is 5.10 Å². The number of aryl methyl sites for hydroxylation is 1. The Labute approximate surface area is 154 Å². The van der Waals surface area contributed by atoms with Crippen LogP contribution in [0.5, 0.6) is 0 Å². The average Bonchev–Trinajstić information content (AvgIpc) is 3.07. The third-order valence-electron chi connectivity index (χ3n) is 4.46. The summed E-state index contributed by atoms with van der Waals surface area (Å²) < 4.78 is 15.0. The lowest BCUT2D eigenvalue weighted by atomic mass is 10.2. The summed E-state index contributed by atoms with van der Waals surface area (Å²) in [5.74, 6) is 0.761.